The third-order valence-corrected chi connectivity index (χ3v) is 3.81. The predicted molar refractivity (Wildman–Crippen MR) is 86.9 cm³/mol. The number of anilines is 1. The quantitative estimate of drug-likeness (QED) is 0.908. The summed E-state index contributed by atoms with van der Waals surface area (Å²) < 4.78 is 11.0. The SMILES string of the molecule is COCN1C(=O)C(C)(C)Oc2ccc(C(N)CC(C)C)cc21. The molecule has 1 heterocycles. The number of methoxy groups -OCH3 is 1. The lowest BCUT2D eigenvalue weighted by Gasteiger charge is -2.38. The number of ether oxygens (including phenoxy) is 2. The van der Waals surface area contributed by atoms with Gasteiger partial charge in [-0.25, -0.2) is 0 Å². The lowest BCUT2D eigenvalue weighted by Crippen LogP contribution is -2.53. The highest BCUT2D eigenvalue weighted by atomic mass is 16.5. The zero-order valence-electron chi connectivity index (χ0n) is 14.1. The third-order valence-electron chi connectivity index (χ3n) is 3.81. The van der Waals surface area contributed by atoms with Crippen LogP contribution in [0.15, 0.2) is 18.2 Å². The fourth-order valence-electron chi connectivity index (χ4n) is 2.72. The molecule has 122 valence electrons. The molecule has 1 aliphatic heterocycles. The van der Waals surface area contributed by atoms with E-state index in [0.29, 0.717) is 11.7 Å². The molecule has 1 aromatic rings. The van der Waals surface area contributed by atoms with Crippen LogP contribution in [-0.2, 0) is 9.53 Å². The van der Waals surface area contributed by atoms with E-state index < -0.39 is 5.60 Å². The standard InChI is InChI=1S/C17H26N2O3/c1-11(2)8-13(18)12-6-7-15-14(9-12)19(10-21-5)16(20)17(3,4)22-15/h6-7,9,11,13H,8,10,18H2,1-5H3. The maximum atomic E-state index is 12.5. The topological polar surface area (TPSA) is 64.8 Å². The minimum atomic E-state index is -0.896. The summed E-state index contributed by atoms with van der Waals surface area (Å²) in [6.45, 7) is 8.01. The van der Waals surface area contributed by atoms with Crippen LogP contribution in [-0.4, -0.2) is 25.3 Å². The molecule has 1 aliphatic rings. The lowest BCUT2D eigenvalue weighted by atomic mass is 9.96. The molecule has 0 saturated heterocycles. The number of hydrogen-bond donors (Lipinski definition) is 1. The van der Waals surface area contributed by atoms with Crippen LogP contribution in [0.5, 0.6) is 5.75 Å². The molecule has 5 heteroatoms. The van der Waals surface area contributed by atoms with Gasteiger partial charge in [0.2, 0.25) is 0 Å². The zero-order chi connectivity index (χ0) is 16.5. The highest BCUT2D eigenvalue weighted by Gasteiger charge is 2.41. The van der Waals surface area contributed by atoms with E-state index in [4.69, 9.17) is 15.2 Å². The fourth-order valence-corrected chi connectivity index (χ4v) is 2.72. The van der Waals surface area contributed by atoms with Crippen molar-refractivity contribution in [3.63, 3.8) is 0 Å². The second-order valence-electron chi connectivity index (χ2n) is 6.73. The van der Waals surface area contributed by atoms with Gasteiger partial charge in [0, 0.05) is 13.2 Å². The van der Waals surface area contributed by atoms with Crippen molar-refractivity contribution < 1.29 is 14.3 Å². The fraction of sp³-hybridized carbons (Fsp3) is 0.588. The normalized spacial score (nSPS) is 18.1. The van der Waals surface area contributed by atoms with Gasteiger partial charge in [0.1, 0.15) is 12.5 Å². The lowest BCUT2D eigenvalue weighted by molar-refractivity contribution is -0.133. The van der Waals surface area contributed by atoms with E-state index in [9.17, 15) is 4.79 Å². The first-order valence-corrected chi connectivity index (χ1v) is 7.65. The van der Waals surface area contributed by atoms with Gasteiger partial charge in [-0.1, -0.05) is 19.9 Å². The number of fused-ring (bicyclic) bond motifs is 1. The summed E-state index contributed by atoms with van der Waals surface area (Å²) in [5.41, 5.74) is 7.09. The van der Waals surface area contributed by atoms with E-state index in [1.807, 2.05) is 18.2 Å². The van der Waals surface area contributed by atoms with Crippen LogP contribution in [0.1, 0.15) is 45.7 Å². The van der Waals surface area contributed by atoms with E-state index in [-0.39, 0.29) is 18.7 Å². The molecule has 22 heavy (non-hydrogen) atoms. The number of carbonyl (C=O) groups excluding carboxylic acids is 1. The molecule has 0 bridgehead atoms. The first-order chi connectivity index (χ1) is 10.3. The highest BCUT2D eigenvalue weighted by molar-refractivity contribution is 6.02. The van der Waals surface area contributed by atoms with E-state index in [2.05, 4.69) is 13.8 Å². The molecule has 0 aromatic heterocycles. The molecule has 0 radical (unpaired) electrons. The smallest absolute Gasteiger partial charge is 0.272 e. The zero-order valence-corrected chi connectivity index (χ0v) is 14.1. The van der Waals surface area contributed by atoms with Crippen LogP contribution in [0.2, 0.25) is 0 Å². The Balaban J connectivity index is 2.40. The number of rotatable bonds is 5. The first kappa shape index (κ1) is 16.8. The average Bonchev–Trinajstić information content (AvgIpc) is 2.42. The summed E-state index contributed by atoms with van der Waals surface area (Å²) in [4.78, 5) is 14.2. The number of hydrogen-bond acceptors (Lipinski definition) is 4. The van der Waals surface area contributed by atoms with Gasteiger partial charge in [0.15, 0.2) is 5.60 Å². The number of nitrogens with zero attached hydrogens (tertiary/aromatic N) is 1. The maximum Gasteiger partial charge on any atom is 0.272 e. The van der Waals surface area contributed by atoms with Gasteiger partial charge in [-0.15, -0.1) is 0 Å². The molecule has 1 unspecified atom stereocenters. The van der Waals surface area contributed by atoms with E-state index in [0.717, 1.165) is 17.7 Å². The summed E-state index contributed by atoms with van der Waals surface area (Å²) in [6, 6.07) is 5.75. The molecule has 2 rings (SSSR count). The van der Waals surface area contributed by atoms with Crippen molar-refractivity contribution in [1.82, 2.24) is 0 Å². The van der Waals surface area contributed by atoms with Crippen LogP contribution >= 0.6 is 0 Å². The third kappa shape index (κ3) is 3.25. The summed E-state index contributed by atoms with van der Waals surface area (Å²) in [5.74, 6) is 1.08. The van der Waals surface area contributed by atoms with E-state index >= 15 is 0 Å². The molecular formula is C17H26N2O3. The van der Waals surface area contributed by atoms with Crippen molar-refractivity contribution in [1.29, 1.82) is 0 Å². The Labute approximate surface area is 132 Å². The van der Waals surface area contributed by atoms with Gasteiger partial charge >= 0.3 is 0 Å². The van der Waals surface area contributed by atoms with Gasteiger partial charge in [-0.3, -0.25) is 9.69 Å². The number of nitrogens with two attached hydrogens (primary N) is 1. The van der Waals surface area contributed by atoms with Crippen LogP contribution < -0.4 is 15.4 Å². The van der Waals surface area contributed by atoms with Gasteiger partial charge in [0.25, 0.3) is 5.91 Å². The highest BCUT2D eigenvalue weighted by Crippen LogP contribution is 2.39. The van der Waals surface area contributed by atoms with Crippen LogP contribution in [0.25, 0.3) is 0 Å². The van der Waals surface area contributed by atoms with Crippen molar-refractivity contribution in [2.75, 3.05) is 18.7 Å². The van der Waals surface area contributed by atoms with Crippen LogP contribution in [0.3, 0.4) is 0 Å². The Morgan fingerprint density at radius 2 is 2.05 bits per heavy atom. The van der Waals surface area contributed by atoms with E-state index in [1.165, 1.54) is 0 Å². The Bertz CT molecular complexity index is 555. The Hall–Kier alpha value is -1.59. The second kappa shape index (κ2) is 6.26. The monoisotopic (exact) mass is 306 g/mol. The largest absolute Gasteiger partial charge is 0.476 e. The van der Waals surface area contributed by atoms with Crippen LogP contribution in [0.4, 0.5) is 5.69 Å². The summed E-state index contributed by atoms with van der Waals surface area (Å²) >= 11 is 0. The molecule has 0 saturated carbocycles. The van der Waals surface area contributed by atoms with Crippen molar-refractivity contribution >= 4 is 11.6 Å². The molecule has 0 spiro atoms. The molecule has 1 atom stereocenters. The second-order valence-corrected chi connectivity index (χ2v) is 6.73. The predicted octanol–water partition coefficient (Wildman–Crippen LogP) is 2.84. The van der Waals surface area contributed by atoms with Crippen molar-refractivity contribution in [3.05, 3.63) is 23.8 Å². The van der Waals surface area contributed by atoms with E-state index in [1.54, 1.807) is 25.9 Å². The summed E-state index contributed by atoms with van der Waals surface area (Å²) in [5, 5.41) is 0. The van der Waals surface area contributed by atoms with Gasteiger partial charge in [-0.05, 0) is 43.9 Å². The molecule has 1 amide bonds. The molecule has 0 aliphatic carbocycles. The van der Waals surface area contributed by atoms with Crippen LogP contribution in [0, 0.1) is 5.92 Å². The van der Waals surface area contributed by atoms with Crippen molar-refractivity contribution in [2.24, 2.45) is 11.7 Å². The minimum Gasteiger partial charge on any atom is -0.476 e. The molecule has 2 N–H and O–H groups in total. The maximum absolute atomic E-state index is 12.5. The van der Waals surface area contributed by atoms with Crippen molar-refractivity contribution in [2.45, 2.75) is 45.8 Å². The number of carbonyl (C=O) groups is 1. The Morgan fingerprint density at radius 1 is 1.36 bits per heavy atom. The molecular weight excluding hydrogens is 280 g/mol. The minimum absolute atomic E-state index is 0.0558. The number of amides is 1. The Kier molecular flexibility index (Phi) is 4.78. The average molecular weight is 306 g/mol. The van der Waals surface area contributed by atoms with Gasteiger partial charge < -0.3 is 15.2 Å². The summed E-state index contributed by atoms with van der Waals surface area (Å²) in [6.07, 6.45) is 0.892. The number of benzene rings is 1. The van der Waals surface area contributed by atoms with Gasteiger partial charge in [0.05, 0.1) is 5.69 Å². The molecule has 1 aromatic carbocycles. The Morgan fingerprint density at radius 3 is 2.64 bits per heavy atom. The molecule has 5 nitrogen and oxygen atoms in total. The van der Waals surface area contributed by atoms with Gasteiger partial charge in [-0.2, -0.15) is 0 Å². The summed E-state index contributed by atoms with van der Waals surface area (Å²) in [7, 11) is 1.57. The first-order valence-electron chi connectivity index (χ1n) is 7.65. The molecule has 0 fully saturated rings. The van der Waals surface area contributed by atoms with Crippen molar-refractivity contribution in [3.8, 4) is 5.75 Å².